The van der Waals surface area contributed by atoms with Crippen molar-refractivity contribution in [3.05, 3.63) is 18.2 Å². The lowest BCUT2D eigenvalue weighted by molar-refractivity contribution is -0.117. The van der Waals surface area contributed by atoms with E-state index in [2.05, 4.69) is 10.6 Å². The summed E-state index contributed by atoms with van der Waals surface area (Å²) in [4.78, 5) is 25.9. The molecule has 0 bridgehead atoms. The predicted molar refractivity (Wildman–Crippen MR) is 97.9 cm³/mol. The van der Waals surface area contributed by atoms with E-state index in [9.17, 15) is 9.59 Å². The van der Waals surface area contributed by atoms with Gasteiger partial charge in [0.25, 0.3) is 0 Å². The van der Waals surface area contributed by atoms with Gasteiger partial charge in [0.2, 0.25) is 5.91 Å². The zero-order chi connectivity index (χ0) is 18.9. The smallest absolute Gasteiger partial charge is 0.315 e. The quantitative estimate of drug-likeness (QED) is 0.648. The number of nitrogens with one attached hydrogen (secondary N) is 2. The van der Waals surface area contributed by atoms with Crippen LogP contribution < -0.4 is 25.0 Å². The fourth-order valence-corrected chi connectivity index (χ4v) is 2.80. The van der Waals surface area contributed by atoms with Crippen LogP contribution in [0.3, 0.4) is 0 Å². The van der Waals surface area contributed by atoms with Crippen LogP contribution in [0.1, 0.15) is 19.8 Å². The number of methoxy groups -OCH3 is 2. The minimum Gasteiger partial charge on any atom is -0.493 e. The van der Waals surface area contributed by atoms with Crippen LogP contribution >= 0.6 is 0 Å². The molecule has 8 nitrogen and oxygen atoms in total. The monoisotopic (exact) mass is 365 g/mol. The Kier molecular flexibility index (Phi) is 7.53. The SMILES string of the molecule is CCOCCCNC(=O)N[C@H]1CC(=O)N(c2ccc(OC)c(OC)c2)C1. The summed E-state index contributed by atoms with van der Waals surface area (Å²) < 4.78 is 15.7. The molecule has 1 saturated heterocycles. The highest BCUT2D eigenvalue weighted by Gasteiger charge is 2.32. The van der Waals surface area contributed by atoms with Crippen molar-refractivity contribution in [1.29, 1.82) is 0 Å². The van der Waals surface area contributed by atoms with Gasteiger partial charge in [0.05, 0.1) is 20.3 Å². The molecule has 1 aromatic carbocycles. The highest BCUT2D eigenvalue weighted by atomic mass is 16.5. The number of hydrogen-bond acceptors (Lipinski definition) is 5. The lowest BCUT2D eigenvalue weighted by Gasteiger charge is -2.19. The summed E-state index contributed by atoms with van der Waals surface area (Å²) in [6.45, 7) is 4.17. The van der Waals surface area contributed by atoms with Crippen LogP contribution in [0.15, 0.2) is 18.2 Å². The Morgan fingerprint density at radius 2 is 2.04 bits per heavy atom. The second-order valence-electron chi connectivity index (χ2n) is 5.90. The van der Waals surface area contributed by atoms with E-state index in [1.54, 1.807) is 37.3 Å². The lowest BCUT2D eigenvalue weighted by Crippen LogP contribution is -2.43. The van der Waals surface area contributed by atoms with E-state index < -0.39 is 0 Å². The van der Waals surface area contributed by atoms with E-state index in [0.717, 1.165) is 6.42 Å². The molecule has 0 radical (unpaired) electrons. The normalized spacial score (nSPS) is 16.5. The van der Waals surface area contributed by atoms with Crippen LogP contribution in [-0.4, -0.2) is 58.5 Å². The summed E-state index contributed by atoms with van der Waals surface area (Å²) in [5.41, 5.74) is 0.717. The van der Waals surface area contributed by atoms with Crippen LogP contribution in [0.25, 0.3) is 0 Å². The van der Waals surface area contributed by atoms with Gasteiger partial charge in [0, 0.05) is 44.5 Å². The maximum atomic E-state index is 12.3. The summed E-state index contributed by atoms with van der Waals surface area (Å²) in [6.07, 6.45) is 1.02. The first-order valence-corrected chi connectivity index (χ1v) is 8.73. The molecule has 144 valence electrons. The first-order valence-electron chi connectivity index (χ1n) is 8.73. The largest absolute Gasteiger partial charge is 0.493 e. The molecule has 3 amide bonds. The van der Waals surface area contributed by atoms with Gasteiger partial charge in [-0.05, 0) is 25.5 Å². The average molecular weight is 365 g/mol. The molecule has 0 spiro atoms. The van der Waals surface area contributed by atoms with E-state index in [-0.39, 0.29) is 24.4 Å². The van der Waals surface area contributed by atoms with Crippen molar-refractivity contribution in [2.75, 3.05) is 45.4 Å². The van der Waals surface area contributed by atoms with Crippen LogP contribution in [0.2, 0.25) is 0 Å². The highest BCUT2D eigenvalue weighted by Crippen LogP contribution is 2.33. The maximum Gasteiger partial charge on any atom is 0.315 e. The standard InChI is InChI=1S/C18H27N3O5/c1-4-26-9-5-8-19-18(23)20-13-10-17(22)21(12-13)14-6-7-15(24-2)16(11-14)25-3/h6-7,11,13H,4-5,8-10,12H2,1-3H3,(H2,19,20,23)/t13-/m0/s1. The number of nitrogens with zero attached hydrogens (tertiary/aromatic N) is 1. The molecule has 0 aromatic heterocycles. The minimum absolute atomic E-state index is 0.0427. The first kappa shape index (κ1) is 19.8. The van der Waals surface area contributed by atoms with Crippen LogP contribution in [0.4, 0.5) is 10.5 Å². The Labute approximate surface area is 153 Å². The van der Waals surface area contributed by atoms with Gasteiger partial charge in [-0.25, -0.2) is 4.79 Å². The number of hydrogen-bond donors (Lipinski definition) is 2. The van der Waals surface area contributed by atoms with Gasteiger partial charge < -0.3 is 29.7 Å². The van der Waals surface area contributed by atoms with E-state index in [0.29, 0.717) is 43.5 Å². The number of carbonyl (C=O) groups excluding carboxylic acids is 2. The number of rotatable bonds is 9. The molecule has 0 unspecified atom stereocenters. The van der Waals surface area contributed by atoms with Crippen LogP contribution in [-0.2, 0) is 9.53 Å². The van der Waals surface area contributed by atoms with Gasteiger partial charge in [0.15, 0.2) is 11.5 Å². The molecule has 2 N–H and O–H groups in total. The Bertz CT molecular complexity index is 623. The fourth-order valence-electron chi connectivity index (χ4n) is 2.80. The Morgan fingerprint density at radius 3 is 2.73 bits per heavy atom. The summed E-state index contributed by atoms with van der Waals surface area (Å²) >= 11 is 0. The number of ether oxygens (including phenoxy) is 3. The van der Waals surface area contributed by atoms with Crippen molar-refractivity contribution < 1.29 is 23.8 Å². The van der Waals surface area contributed by atoms with Gasteiger partial charge in [0.1, 0.15) is 0 Å². The minimum atomic E-state index is -0.270. The lowest BCUT2D eigenvalue weighted by atomic mass is 10.2. The van der Waals surface area contributed by atoms with Crippen LogP contribution in [0.5, 0.6) is 11.5 Å². The van der Waals surface area contributed by atoms with Gasteiger partial charge in [-0.1, -0.05) is 0 Å². The average Bonchev–Trinajstić information content (AvgIpc) is 3.00. The number of anilines is 1. The Morgan fingerprint density at radius 1 is 1.27 bits per heavy atom. The van der Waals surface area contributed by atoms with Gasteiger partial charge >= 0.3 is 6.03 Å². The highest BCUT2D eigenvalue weighted by molar-refractivity contribution is 5.97. The second-order valence-corrected chi connectivity index (χ2v) is 5.90. The Balaban J connectivity index is 1.87. The van der Waals surface area contributed by atoms with E-state index in [4.69, 9.17) is 14.2 Å². The molecule has 0 aliphatic carbocycles. The molecular weight excluding hydrogens is 338 g/mol. The van der Waals surface area contributed by atoms with E-state index >= 15 is 0 Å². The van der Waals surface area contributed by atoms with E-state index in [1.807, 2.05) is 6.92 Å². The summed E-state index contributed by atoms with van der Waals surface area (Å²) in [7, 11) is 3.11. The maximum absolute atomic E-state index is 12.3. The van der Waals surface area contributed by atoms with Crippen LogP contribution in [0, 0.1) is 0 Å². The third-order valence-corrected chi connectivity index (χ3v) is 4.09. The summed E-state index contributed by atoms with van der Waals surface area (Å²) in [5.74, 6) is 1.11. The zero-order valence-corrected chi connectivity index (χ0v) is 15.5. The topological polar surface area (TPSA) is 89.1 Å². The molecule has 2 rings (SSSR count). The first-order chi connectivity index (χ1) is 12.6. The molecule has 1 aromatic rings. The van der Waals surface area contributed by atoms with Crippen molar-refractivity contribution in [3.63, 3.8) is 0 Å². The van der Waals surface area contributed by atoms with Crippen molar-refractivity contribution in [1.82, 2.24) is 10.6 Å². The van der Waals surface area contributed by atoms with Crippen molar-refractivity contribution in [2.24, 2.45) is 0 Å². The second kappa shape index (κ2) is 9.86. The third kappa shape index (κ3) is 5.26. The van der Waals surface area contributed by atoms with Crippen molar-refractivity contribution in [2.45, 2.75) is 25.8 Å². The summed E-state index contributed by atoms with van der Waals surface area (Å²) in [5, 5.41) is 5.62. The number of urea groups is 1. The zero-order valence-electron chi connectivity index (χ0n) is 15.5. The Hall–Kier alpha value is -2.48. The molecule has 1 atom stereocenters. The molecule has 1 aliphatic rings. The predicted octanol–water partition coefficient (Wildman–Crippen LogP) is 1.53. The van der Waals surface area contributed by atoms with Gasteiger partial charge in [-0.15, -0.1) is 0 Å². The number of carbonyl (C=O) groups is 2. The van der Waals surface area contributed by atoms with Crippen molar-refractivity contribution >= 4 is 17.6 Å². The molecule has 8 heteroatoms. The number of benzene rings is 1. The van der Waals surface area contributed by atoms with E-state index in [1.165, 1.54) is 0 Å². The molecule has 0 saturated carbocycles. The molecule has 1 aliphatic heterocycles. The third-order valence-electron chi connectivity index (χ3n) is 4.09. The van der Waals surface area contributed by atoms with Crippen molar-refractivity contribution in [3.8, 4) is 11.5 Å². The van der Waals surface area contributed by atoms with Gasteiger partial charge in [-0.2, -0.15) is 0 Å². The summed E-state index contributed by atoms with van der Waals surface area (Å²) in [6, 6.07) is 4.81. The molecular formula is C18H27N3O5. The number of amides is 3. The van der Waals surface area contributed by atoms with Gasteiger partial charge in [-0.3, -0.25) is 4.79 Å². The fraction of sp³-hybridized carbons (Fsp3) is 0.556. The molecule has 1 heterocycles. The molecule has 1 fully saturated rings. The molecule has 26 heavy (non-hydrogen) atoms.